The van der Waals surface area contributed by atoms with Crippen molar-refractivity contribution in [1.29, 1.82) is 0 Å². The maximum absolute atomic E-state index is 4.77. The van der Waals surface area contributed by atoms with Crippen LogP contribution in [0.15, 0.2) is 48.4 Å². The molecule has 7 nitrogen and oxygen atoms in total. The lowest BCUT2D eigenvalue weighted by Gasteiger charge is -2.23. The van der Waals surface area contributed by atoms with Crippen LogP contribution in [0, 0.1) is 0 Å². The Morgan fingerprint density at radius 2 is 1.89 bits per heavy atom. The summed E-state index contributed by atoms with van der Waals surface area (Å²) in [6, 6.07) is 6.36. The largest absolute Gasteiger partial charge is 0.366 e. The summed E-state index contributed by atoms with van der Waals surface area (Å²) in [4.78, 5) is 13.5. The zero-order valence-electron chi connectivity index (χ0n) is 15.4. The number of rotatable bonds is 5. The second-order valence-corrected chi connectivity index (χ2v) is 7.93. The molecule has 0 bridgehead atoms. The van der Waals surface area contributed by atoms with Gasteiger partial charge < -0.3 is 10.6 Å². The number of thiophene rings is 1. The minimum atomic E-state index is 0.497. The van der Waals surface area contributed by atoms with E-state index in [9.17, 15) is 0 Å². The third-order valence-corrected chi connectivity index (χ3v) is 5.93. The molecule has 1 aliphatic carbocycles. The van der Waals surface area contributed by atoms with Crippen molar-refractivity contribution in [2.45, 2.75) is 38.1 Å². The Labute approximate surface area is 166 Å². The first-order valence-electron chi connectivity index (χ1n) is 9.59. The monoisotopic (exact) mass is 391 g/mol. The predicted octanol–water partition coefficient (Wildman–Crippen LogP) is 4.76. The van der Waals surface area contributed by atoms with Crippen molar-refractivity contribution in [3.8, 4) is 5.69 Å². The smallest absolute Gasteiger partial charge is 0.229 e. The molecular formula is C20H21N7S. The van der Waals surface area contributed by atoms with E-state index in [-0.39, 0.29) is 0 Å². The van der Waals surface area contributed by atoms with Crippen LogP contribution in [0.1, 0.15) is 32.1 Å². The van der Waals surface area contributed by atoms with Gasteiger partial charge in [-0.25, -0.2) is 9.67 Å². The maximum atomic E-state index is 4.77. The summed E-state index contributed by atoms with van der Waals surface area (Å²) in [6.07, 6.45) is 13.5. The number of nitrogens with one attached hydrogen (secondary N) is 2. The Balaban J connectivity index is 1.41. The molecule has 4 heterocycles. The van der Waals surface area contributed by atoms with Gasteiger partial charge in [-0.1, -0.05) is 19.3 Å². The Morgan fingerprint density at radius 3 is 2.75 bits per heavy atom. The summed E-state index contributed by atoms with van der Waals surface area (Å²) in [5, 5.41) is 13.4. The van der Waals surface area contributed by atoms with Crippen LogP contribution in [0.2, 0.25) is 0 Å². The molecule has 4 aromatic heterocycles. The van der Waals surface area contributed by atoms with Gasteiger partial charge in [0.2, 0.25) is 5.95 Å². The highest BCUT2D eigenvalue weighted by Gasteiger charge is 2.17. The number of anilines is 3. The van der Waals surface area contributed by atoms with Gasteiger partial charge in [0.15, 0.2) is 0 Å². The van der Waals surface area contributed by atoms with Crippen molar-refractivity contribution < 1.29 is 0 Å². The first kappa shape index (κ1) is 17.1. The molecule has 2 N–H and O–H groups in total. The second-order valence-electron chi connectivity index (χ2n) is 7.01. The van der Waals surface area contributed by atoms with Crippen LogP contribution in [0.3, 0.4) is 0 Å². The number of hydrogen-bond acceptors (Lipinski definition) is 7. The van der Waals surface area contributed by atoms with Crippen LogP contribution >= 0.6 is 11.3 Å². The lowest BCUT2D eigenvalue weighted by molar-refractivity contribution is 0.462. The van der Waals surface area contributed by atoms with Crippen molar-refractivity contribution in [3.05, 3.63) is 48.4 Å². The average molecular weight is 392 g/mol. The zero-order chi connectivity index (χ0) is 18.8. The molecule has 28 heavy (non-hydrogen) atoms. The second kappa shape index (κ2) is 7.55. The van der Waals surface area contributed by atoms with E-state index in [4.69, 9.17) is 4.98 Å². The Bertz CT molecular complexity index is 1070. The van der Waals surface area contributed by atoms with E-state index in [2.05, 4.69) is 31.1 Å². The normalized spacial score (nSPS) is 15.0. The lowest BCUT2D eigenvalue weighted by atomic mass is 9.95. The number of hydrogen-bond donors (Lipinski definition) is 2. The van der Waals surface area contributed by atoms with Crippen LogP contribution in [0.5, 0.6) is 0 Å². The third kappa shape index (κ3) is 3.55. The van der Waals surface area contributed by atoms with Crippen LogP contribution in [0.4, 0.5) is 17.5 Å². The molecule has 0 unspecified atom stereocenters. The first-order chi connectivity index (χ1) is 13.8. The first-order valence-corrected chi connectivity index (χ1v) is 10.5. The van der Waals surface area contributed by atoms with Crippen LogP contribution in [-0.4, -0.2) is 30.8 Å². The fourth-order valence-electron chi connectivity index (χ4n) is 3.61. The van der Waals surface area contributed by atoms with Gasteiger partial charge >= 0.3 is 0 Å². The van der Waals surface area contributed by atoms with Gasteiger partial charge in [0.25, 0.3) is 0 Å². The molecule has 1 fully saturated rings. The van der Waals surface area contributed by atoms with E-state index in [0.29, 0.717) is 12.0 Å². The van der Waals surface area contributed by atoms with Gasteiger partial charge in [-0.3, -0.25) is 4.98 Å². The predicted molar refractivity (Wildman–Crippen MR) is 113 cm³/mol. The molecule has 1 aliphatic rings. The molecular weight excluding hydrogens is 370 g/mol. The number of nitrogens with zero attached hydrogens (tertiary/aromatic N) is 5. The minimum Gasteiger partial charge on any atom is -0.366 e. The highest BCUT2D eigenvalue weighted by molar-refractivity contribution is 7.17. The number of pyridine rings is 1. The molecule has 0 amide bonds. The van der Waals surface area contributed by atoms with Crippen molar-refractivity contribution >= 4 is 39.0 Å². The summed E-state index contributed by atoms with van der Waals surface area (Å²) in [6.45, 7) is 0. The van der Waals surface area contributed by atoms with Gasteiger partial charge in [-0.2, -0.15) is 10.1 Å². The van der Waals surface area contributed by atoms with Gasteiger partial charge in [-0.15, -0.1) is 11.3 Å². The van der Waals surface area contributed by atoms with E-state index < -0.39 is 0 Å². The summed E-state index contributed by atoms with van der Waals surface area (Å²) in [7, 11) is 0. The summed E-state index contributed by atoms with van der Waals surface area (Å²) >= 11 is 1.68. The van der Waals surface area contributed by atoms with Gasteiger partial charge in [0.1, 0.15) is 5.82 Å². The highest BCUT2D eigenvalue weighted by Crippen LogP contribution is 2.30. The highest BCUT2D eigenvalue weighted by atomic mass is 32.1. The summed E-state index contributed by atoms with van der Waals surface area (Å²) in [5.74, 6) is 1.51. The van der Waals surface area contributed by atoms with Crippen molar-refractivity contribution in [3.63, 3.8) is 0 Å². The molecule has 8 heteroatoms. The van der Waals surface area contributed by atoms with E-state index in [0.717, 1.165) is 27.4 Å². The topological polar surface area (TPSA) is 80.5 Å². The van der Waals surface area contributed by atoms with Crippen LogP contribution < -0.4 is 10.6 Å². The minimum absolute atomic E-state index is 0.497. The van der Waals surface area contributed by atoms with E-state index in [1.165, 1.54) is 32.1 Å². The van der Waals surface area contributed by atoms with Crippen molar-refractivity contribution in [2.75, 3.05) is 10.6 Å². The molecule has 0 radical (unpaired) electrons. The molecule has 5 rings (SSSR count). The molecule has 4 aromatic rings. The Hall–Kier alpha value is -3.00. The summed E-state index contributed by atoms with van der Waals surface area (Å²) < 4.78 is 2.91. The maximum Gasteiger partial charge on any atom is 0.229 e. The molecule has 1 saturated carbocycles. The van der Waals surface area contributed by atoms with E-state index >= 15 is 0 Å². The quantitative estimate of drug-likeness (QED) is 0.510. The van der Waals surface area contributed by atoms with Crippen LogP contribution in [-0.2, 0) is 0 Å². The Morgan fingerprint density at radius 1 is 1.04 bits per heavy atom. The van der Waals surface area contributed by atoms with Crippen molar-refractivity contribution in [1.82, 2.24) is 24.7 Å². The molecule has 142 valence electrons. The van der Waals surface area contributed by atoms with E-state index in [1.807, 2.05) is 24.4 Å². The lowest BCUT2D eigenvalue weighted by Crippen LogP contribution is -2.23. The average Bonchev–Trinajstić information content (AvgIpc) is 3.39. The fourth-order valence-corrected chi connectivity index (χ4v) is 4.40. The number of aromatic nitrogens is 5. The molecule has 0 atom stereocenters. The molecule has 0 aliphatic heterocycles. The third-order valence-electron chi connectivity index (χ3n) is 5.02. The van der Waals surface area contributed by atoms with Gasteiger partial charge in [-0.05, 0) is 36.4 Å². The Kier molecular flexibility index (Phi) is 4.62. The number of fused-ring (bicyclic) bond motifs is 1. The molecule has 0 aromatic carbocycles. The van der Waals surface area contributed by atoms with Crippen LogP contribution in [0.25, 0.3) is 15.9 Å². The SMILES string of the molecule is c1cc(-n2cc(Nc3nc(NC4CCCCC4)c4sccc4n3)cn2)ccn1. The zero-order valence-corrected chi connectivity index (χ0v) is 16.2. The van der Waals surface area contributed by atoms with Crippen molar-refractivity contribution in [2.24, 2.45) is 0 Å². The fraction of sp³-hybridized carbons (Fsp3) is 0.300. The standard InChI is InChI=1S/C20H21N7S/c1-2-4-14(5-3-1)23-19-18-17(8-11-28-18)25-20(26-19)24-15-12-22-27(13-15)16-6-9-21-10-7-16/h6-14H,1-5H2,(H2,23,24,25,26). The molecule has 0 spiro atoms. The molecule has 0 saturated heterocycles. The van der Waals surface area contributed by atoms with Gasteiger partial charge in [0.05, 0.1) is 34.0 Å². The van der Waals surface area contributed by atoms with E-state index in [1.54, 1.807) is 34.6 Å². The van der Waals surface area contributed by atoms with Gasteiger partial charge in [0, 0.05) is 18.4 Å². The summed E-state index contributed by atoms with van der Waals surface area (Å²) in [5.41, 5.74) is 2.76.